The summed E-state index contributed by atoms with van der Waals surface area (Å²) in [6, 6.07) is 0. The van der Waals surface area contributed by atoms with Crippen LogP contribution < -0.4 is 0 Å². The fraction of sp³-hybridized carbons (Fsp3) is 0.538. The van der Waals surface area contributed by atoms with Crippen LogP contribution in [0.2, 0.25) is 0 Å². The van der Waals surface area contributed by atoms with Gasteiger partial charge in [-0.2, -0.15) is 10.2 Å². The molecule has 2 nitrogen and oxygen atoms in total. The van der Waals surface area contributed by atoms with Crippen molar-refractivity contribution in [3.63, 3.8) is 0 Å². The number of fused-ring (bicyclic) bond motifs is 1. The predicted molar refractivity (Wildman–Crippen MR) is 62.6 cm³/mol. The topological polar surface area (TPSA) is 25.8 Å². The van der Waals surface area contributed by atoms with Crippen molar-refractivity contribution in [2.24, 2.45) is 5.92 Å². The maximum atomic E-state index is 4.29. The van der Waals surface area contributed by atoms with E-state index in [1.807, 2.05) is 6.20 Å². The minimum Gasteiger partial charge on any atom is -0.159 e. The summed E-state index contributed by atoms with van der Waals surface area (Å²) in [6.45, 7) is 8.78. The zero-order valence-electron chi connectivity index (χ0n) is 9.91. The van der Waals surface area contributed by atoms with Crippen molar-refractivity contribution in [3.8, 4) is 0 Å². The van der Waals surface area contributed by atoms with Crippen LogP contribution in [-0.4, -0.2) is 10.2 Å². The molecule has 2 heteroatoms. The van der Waals surface area contributed by atoms with Crippen LogP contribution >= 0.6 is 0 Å². The van der Waals surface area contributed by atoms with Gasteiger partial charge in [0.15, 0.2) is 0 Å². The van der Waals surface area contributed by atoms with Crippen LogP contribution in [0.15, 0.2) is 12.3 Å². The zero-order valence-corrected chi connectivity index (χ0v) is 9.91. The Morgan fingerprint density at radius 2 is 2.07 bits per heavy atom. The lowest BCUT2D eigenvalue weighted by Crippen LogP contribution is -2.19. The molecule has 0 fully saturated rings. The van der Waals surface area contributed by atoms with E-state index in [9.17, 15) is 0 Å². The Hall–Kier alpha value is -1.18. The third-order valence-electron chi connectivity index (χ3n) is 2.82. The lowest BCUT2D eigenvalue weighted by atomic mass is 9.83. The molecule has 0 aromatic carbocycles. The van der Waals surface area contributed by atoms with Gasteiger partial charge in [0.2, 0.25) is 0 Å². The number of hydrogen-bond donors (Lipinski definition) is 0. The number of nitrogens with zero attached hydrogens (tertiary/aromatic N) is 2. The van der Waals surface area contributed by atoms with E-state index in [1.54, 1.807) is 0 Å². The number of allylic oxidation sites excluding steroid dienone is 1. The molecule has 0 saturated carbocycles. The largest absolute Gasteiger partial charge is 0.159 e. The Morgan fingerprint density at radius 3 is 2.73 bits per heavy atom. The molecule has 0 aliphatic heterocycles. The molecular formula is C13H18N2. The molecule has 1 unspecified atom stereocenters. The molecule has 0 N–H and O–H groups in total. The van der Waals surface area contributed by atoms with Crippen molar-refractivity contribution in [3.05, 3.63) is 29.1 Å². The molecular weight excluding hydrogens is 184 g/mol. The van der Waals surface area contributed by atoms with Gasteiger partial charge in [-0.15, -0.1) is 0 Å². The number of aromatic nitrogens is 2. The van der Waals surface area contributed by atoms with Crippen molar-refractivity contribution in [2.45, 2.75) is 39.5 Å². The van der Waals surface area contributed by atoms with Crippen LogP contribution in [0.5, 0.6) is 0 Å². The Kier molecular flexibility index (Phi) is 2.37. The molecule has 1 heterocycles. The second-order valence-corrected chi connectivity index (χ2v) is 5.42. The van der Waals surface area contributed by atoms with Crippen molar-refractivity contribution in [1.82, 2.24) is 10.2 Å². The van der Waals surface area contributed by atoms with E-state index in [2.05, 4.69) is 50.0 Å². The van der Waals surface area contributed by atoms with Gasteiger partial charge < -0.3 is 0 Å². The first-order chi connectivity index (χ1) is 6.98. The van der Waals surface area contributed by atoms with Gasteiger partial charge in [0.1, 0.15) is 0 Å². The predicted octanol–water partition coefficient (Wildman–Crippen LogP) is 2.98. The first-order valence-corrected chi connectivity index (χ1v) is 5.51. The zero-order chi connectivity index (χ0) is 11.1. The van der Waals surface area contributed by atoms with Gasteiger partial charge in [-0.1, -0.05) is 39.8 Å². The molecule has 1 atom stereocenters. The molecule has 80 valence electrons. The molecule has 0 amide bonds. The summed E-state index contributed by atoms with van der Waals surface area (Å²) in [4.78, 5) is 0. The van der Waals surface area contributed by atoms with E-state index in [-0.39, 0.29) is 5.41 Å². The van der Waals surface area contributed by atoms with E-state index < -0.39 is 0 Å². The summed E-state index contributed by atoms with van der Waals surface area (Å²) in [6.07, 6.45) is 7.47. The first kappa shape index (κ1) is 10.3. The minimum atomic E-state index is 0.0727. The van der Waals surface area contributed by atoms with E-state index in [4.69, 9.17) is 0 Å². The summed E-state index contributed by atoms with van der Waals surface area (Å²) in [5.74, 6) is 0.620. The number of hydrogen-bond acceptors (Lipinski definition) is 2. The quantitative estimate of drug-likeness (QED) is 0.646. The van der Waals surface area contributed by atoms with E-state index in [0.717, 1.165) is 12.1 Å². The lowest BCUT2D eigenvalue weighted by Gasteiger charge is -2.24. The van der Waals surface area contributed by atoms with E-state index in [1.165, 1.54) is 11.1 Å². The molecule has 1 aromatic rings. The molecule has 15 heavy (non-hydrogen) atoms. The molecule has 1 aliphatic rings. The van der Waals surface area contributed by atoms with Gasteiger partial charge >= 0.3 is 0 Å². The third-order valence-corrected chi connectivity index (χ3v) is 2.82. The summed E-state index contributed by atoms with van der Waals surface area (Å²) < 4.78 is 0. The number of rotatable bonds is 0. The van der Waals surface area contributed by atoms with Crippen molar-refractivity contribution < 1.29 is 0 Å². The molecule has 1 aliphatic carbocycles. The van der Waals surface area contributed by atoms with Crippen LogP contribution in [-0.2, 0) is 11.8 Å². The highest BCUT2D eigenvalue weighted by molar-refractivity contribution is 5.59. The molecule has 0 bridgehead atoms. The van der Waals surface area contributed by atoms with Crippen LogP contribution in [0, 0.1) is 5.92 Å². The minimum absolute atomic E-state index is 0.0727. The summed E-state index contributed by atoms with van der Waals surface area (Å²) in [5.41, 5.74) is 3.81. The van der Waals surface area contributed by atoms with Crippen molar-refractivity contribution in [1.29, 1.82) is 0 Å². The van der Waals surface area contributed by atoms with Gasteiger partial charge in [0, 0.05) is 11.0 Å². The molecule has 0 spiro atoms. The summed E-state index contributed by atoms with van der Waals surface area (Å²) in [7, 11) is 0. The standard InChI is InChI=1S/C13H18N2/c1-9-5-6-11-10(7-9)8-14-15-12(11)13(2,3)4/h5-6,8-9H,7H2,1-4H3. The van der Waals surface area contributed by atoms with Gasteiger partial charge in [-0.25, -0.2) is 0 Å². The van der Waals surface area contributed by atoms with E-state index >= 15 is 0 Å². The van der Waals surface area contributed by atoms with Gasteiger partial charge in [-0.3, -0.25) is 0 Å². The molecule has 1 aromatic heterocycles. The second kappa shape index (κ2) is 3.44. The van der Waals surface area contributed by atoms with Crippen LogP contribution in [0.1, 0.15) is 44.5 Å². The van der Waals surface area contributed by atoms with Crippen molar-refractivity contribution in [2.75, 3.05) is 0 Å². The highest BCUT2D eigenvalue weighted by Gasteiger charge is 2.23. The monoisotopic (exact) mass is 202 g/mol. The smallest absolute Gasteiger partial charge is 0.0759 e. The van der Waals surface area contributed by atoms with Crippen molar-refractivity contribution >= 4 is 6.08 Å². The summed E-state index contributed by atoms with van der Waals surface area (Å²) >= 11 is 0. The first-order valence-electron chi connectivity index (χ1n) is 5.51. The Labute approximate surface area is 91.4 Å². The third kappa shape index (κ3) is 1.94. The highest BCUT2D eigenvalue weighted by atomic mass is 15.1. The van der Waals surface area contributed by atoms with Crippen LogP contribution in [0.3, 0.4) is 0 Å². The Morgan fingerprint density at radius 1 is 1.33 bits per heavy atom. The SMILES string of the molecule is CC1C=Cc2c(cnnc2C(C)(C)C)C1. The van der Waals surface area contributed by atoms with Crippen LogP contribution in [0.4, 0.5) is 0 Å². The second-order valence-electron chi connectivity index (χ2n) is 5.42. The Bertz CT molecular complexity index is 399. The average Bonchev–Trinajstić information content (AvgIpc) is 2.15. The maximum Gasteiger partial charge on any atom is 0.0759 e. The molecule has 0 radical (unpaired) electrons. The van der Waals surface area contributed by atoms with Crippen LogP contribution in [0.25, 0.3) is 6.08 Å². The van der Waals surface area contributed by atoms with Gasteiger partial charge in [-0.05, 0) is 17.9 Å². The average molecular weight is 202 g/mol. The maximum absolute atomic E-state index is 4.29. The molecule has 0 saturated heterocycles. The highest BCUT2D eigenvalue weighted by Crippen LogP contribution is 2.30. The normalized spacial score (nSPS) is 20.1. The summed E-state index contributed by atoms with van der Waals surface area (Å²) in [5, 5.41) is 8.40. The fourth-order valence-corrected chi connectivity index (χ4v) is 2.01. The fourth-order valence-electron chi connectivity index (χ4n) is 2.01. The molecule has 2 rings (SSSR count). The van der Waals surface area contributed by atoms with Gasteiger partial charge in [0.25, 0.3) is 0 Å². The van der Waals surface area contributed by atoms with E-state index in [0.29, 0.717) is 5.92 Å². The van der Waals surface area contributed by atoms with Gasteiger partial charge in [0.05, 0.1) is 11.9 Å². The Balaban J connectivity index is 2.55. The lowest BCUT2D eigenvalue weighted by molar-refractivity contribution is 0.552.